The number of nitrogens with zero attached hydrogens (tertiary/aromatic N) is 2. The summed E-state index contributed by atoms with van der Waals surface area (Å²) in [5, 5.41) is 7.09. The lowest BCUT2D eigenvalue weighted by atomic mass is 10.1. The van der Waals surface area contributed by atoms with Crippen LogP contribution in [0, 0.1) is 5.82 Å². The fraction of sp³-hybridized carbons (Fsp3) is 0.238. The van der Waals surface area contributed by atoms with Crippen LogP contribution in [-0.4, -0.2) is 47.8 Å². The SMILES string of the molecule is COc1ccc(-c2cc(C(=O)N3CCO[C@@H](c4ccc(F)cc4)C3)[nH]n2)cc1. The van der Waals surface area contributed by atoms with E-state index < -0.39 is 0 Å². The first-order chi connectivity index (χ1) is 13.6. The summed E-state index contributed by atoms with van der Waals surface area (Å²) in [4.78, 5) is 14.6. The van der Waals surface area contributed by atoms with E-state index in [-0.39, 0.29) is 17.8 Å². The third-order valence-corrected chi connectivity index (χ3v) is 4.79. The van der Waals surface area contributed by atoms with E-state index in [1.165, 1.54) is 12.1 Å². The molecule has 1 fully saturated rings. The van der Waals surface area contributed by atoms with E-state index in [9.17, 15) is 9.18 Å². The Morgan fingerprint density at radius 2 is 1.96 bits per heavy atom. The molecule has 7 heteroatoms. The molecule has 144 valence electrons. The Kier molecular flexibility index (Phi) is 5.08. The topological polar surface area (TPSA) is 67.4 Å². The highest BCUT2D eigenvalue weighted by molar-refractivity contribution is 5.93. The van der Waals surface area contributed by atoms with Gasteiger partial charge in [0.1, 0.15) is 23.4 Å². The van der Waals surface area contributed by atoms with E-state index in [0.29, 0.717) is 31.1 Å². The molecule has 0 bridgehead atoms. The van der Waals surface area contributed by atoms with Crippen molar-refractivity contribution in [3.8, 4) is 17.0 Å². The van der Waals surface area contributed by atoms with Crippen LogP contribution in [-0.2, 0) is 4.74 Å². The van der Waals surface area contributed by atoms with Crippen LogP contribution in [0.15, 0.2) is 54.6 Å². The number of carbonyl (C=O) groups is 1. The average molecular weight is 381 g/mol. The van der Waals surface area contributed by atoms with Gasteiger partial charge in [-0.3, -0.25) is 9.89 Å². The molecule has 4 rings (SSSR count). The van der Waals surface area contributed by atoms with Crippen LogP contribution in [0.3, 0.4) is 0 Å². The first-order valence-electron chi connectivity index (χ1n) is 9.00. The predicted octanol–water partition coefficient (Wildman–Crippen LogP) is 3.44. The molecule has 1 N–H and O–H groups in total. The summed E-state index contributed by atoms with van der Waals surface area (Å²) in [5.74, 6) is 0.328. The molecule has 0 radical (unpaired) electrons. The molecule has 0 saturated carbocycles. The second-order valence-corrected chi connectivity index (χ2v) is 6.56. The maximum Gasteiger partial charge on any atom is 0.272 e. The van der Waals surface area contributed by atoms with Crippen LogP contribution in [0.5, 0.6) is 5.75 Å². The van der Waals surface area contributed by atoms with Crippen molar-refractivity contribution in [2.45, 2.75) is 6.10 Å². The number of methoxy groups -OCH3 is 1. The molecule has 3 aromatic rings. The Morgan fingerprint density at radius 3 is 2.68 bits per heavy atom. The Balaban J connectivity index is 1.48. The molecule has 1 aromatic heterocycles. The summed E-state index contributed by atoms with van der Waals surface area (Å²) < 4.78 is 24.1. The Labute approximate surface area is 161 Å². The van der Waals surface area contributed by atoms with E-state index in [2.05, 4.69) is 10.2 Å². The lowest BCUT2D eigenvalue weighted by molar-refractivity contribution is -0.0230. The number of H-pyrrole nitrogens is 1. The summed E-state index contributed by atoms with van der Waals surface area (Å²) in [5.41, 5.74) is 2.85. The van der Waals surface area contributed by atoms with Gasteiger partial charge in [-0.2, -0.15) is 5.10 Å². The molecule has 6 nitrogen and oxygen atoms in total. The number of ether oxygens (including phenoxy) is 2. The molecular weight excluding hydrogens is 361 g/mol. The highest BCUT2D eigenvalue weighted by Crippen LogP contribution is 2.25. The maximum absolute atomic E-state index is 13.1. The van der Waals surface area contributed by atoms with Crippen molar-refractivity contribution in [3.63, 3.8) is 0 Å². The third kappa shape index (κ3) is 3.75. The number of morpholine rings is 1. The third-order valence-electron chi connectivity index (χ3n) is 4.79. The largest absolute Gasteiger partial charge is 0.497 e. The molecule has 1 aliphatic heterocycles. The van der Waals surface area contributed by atoms with Gasteiger partial charge in [0.05, 0.1) is 26.0 Å². The van der Waals surface area contributed by atoms with Crippen molar-refractivity contribution < 1.29 is 18.7 Å². The van der Waals surface area contributed by atoms with Crippen LogP contribution < -0.4 is 4.74 Å². The van der Waals surface area contributed by atoms with Gasteiger partial charge in [-0.1, -0.05) is 12.1 Å². The van der Waals surface area contributed by atoms with Gasteiger partial charge in [-0.05, 0) is 48.0 Å². The molecule has 1 amide bonds. The highest BCUT2D eigenvalue weighted by atomic mass is 19.1. The van der Waals surface area contributed by atoms with E-state index in [0.717, 1.165) is 16.9 Å². The van der Waals surface area contributed by atoms with Gasteiger partial charge in [0.25, 0.3) is 5.91 Å². The highest BCUT2D eigenvalue weighted by Gasteiger charge is 2.27. The number of nitrogens with one attached hydrogen (secondary N) is 1. The molecule has 1 saturated heterocycles. The van der Waals surface area contributed by atoms with Crippen LogP contribution in [0.4, 0.5) is 4.39 Å². The zero-order valence-corrected chi connectivity index (χ0v) is 15.4. The van der Waals surface area contributed by atoms with Crippen LogP contribution in [0.1, 0.15) is 22.2 Å². The van der Waals surface area contributed by atoms with Gasteiger partial charge in [0, 0.05) is 12.1 Å². The summed E-state index contributed by atoms with van der Waals surface area (Å²) >= 11 is 0. The smallest absolute Gasteiger partial charge is 0.272 e. The lowest BCUT2D eigenvalue weighted by Crippen LogP contribution is -2.42. The van der Waals surface area contributed by atoms with Gasteiger partial charge in [0.15, 0.2) is 0 Å². The molecule has 0 unspecified atom stereocenters. The van der Waals surface area contributed by atoms with Crippen LogP contribution in [0.25, 0.3) is 11.3 Å². The molecule has 2 heterocycles. The fourth-order valence-corrected chi connectivity index (χ4v) is 3.22. The van der Waals surface area contributed by atoms with Crippen LogP contribution >= 0.6 is 0 Å². The van der Waals surface area contributed by atoms with Crippen molar-refractivity contribution >= 4 is 5.91 Å². The van der Waals surface area contributed by atoms with Gasteiger partial charge < -0.3 is 14.4 Å². The van der Waals surface area contributed by atoms with E-state index in [4.69, 9.17) is 9.47 Å². The molecule has 2 aromatic carbocycles. The second-order valence-electron chi connectivity index (χ2n) is 6.56. The van der Waals surface area contributed by atoms with Gasteiger partial charge in [-0.25, -0.2) is 4.39 Å². The quantitative estimate of drug-likeness (QED) is 0.752. The fourth-order valence-electron chi connectivity index (χ4n) is 3.22. The zero-order chi connectivity index (χ0) is 19.5. The summed E-state index contributed by atoms with van der Waals surface area (Å²) in [7, 11) is 1.61. The number of hydrogen-bond donors (Lipinski definition) is 1. The second kappa shape index (κ2) is 7.82. The Morgan fingerprint density at radius 1 is 1.21 bits per heavy atom. The number of rotatable bonds is 4. The minimum atomic E-state index is -0.295. The minimum Gasteiger partial charge on any atom is -0.497 e. The molecule has 1 aliphatic rings. The van der Waals surface area contributed by atoms with Crippen molar-refractivity contribution in [2.75, 3.05) is 26.8 Å². The monoisotopic (exact) mass is 381 g/mol. The van der Waals surface area contributed by atoms with Crippen LogP contribution in [0.2, 0.25) is 0 Å². The number of amides is 1. The normalized spacial score (nSPS) is 16.8. The lowest BCUT2D eigenvalue weighted by Gasteiger charge is -2.32. The van der Waals surface area contributed by atoms with E-state index >= 15 is 0 Å². The molecule has 0 spiro atoms. The molecule has 28 heavy (non-hydrogen) atoms. The summed E-state index contributed by atoms with van der Waals surface area (Å²) in [6, 6.07) is 15.4. The maximum atomic E-state index is 13.1. The zero-order valence-electron chi connectivity index (χ0n) is 15.4. The Hall–Kier alpha value is -3.19. The van der Waals surface area contributed by atoms with Crippen molar-refractivity contribution in [1.82, 2.24) is 15.1 Å². The molecule has 1 atom stereocenters. The number of halogens is 1. The summed E-state index contributed by atoms with van der Waals surface area (Å²) in [6.07, 6.45) is -0.276. The molecule has 0 aliphatic carbocycles. The first-order valence-corrected chi connectivity index (χ1v) is 9.00. The van der Waals surface area contributed by atoms with E-state index in [1.54, 1.807) is 30.2 Å². The number of aromatic nitrogens is 2. The average Bonchev–Trinajstić information content (AvgIpc) is 3.24. The van der Waals surface area contributed by atoms with Crippen molar-refractivity contribution in [3.05, 3.63) is 71.7 Å². The van der Waals surface area contributed by atoms with E-state index in [1.807, 2.05) is 24.3 Å². The standard InChI is InChI=1S/C21H20FN3O3/c1-27-17-8-4-14(5-9-17)18-12-19(24-23-18)21(26)25-10-11-28-20(13-25)15-2-6-16(22)7-3-15/h2-9,12,20H,10-11,13H2,1H3,(H,23,24)/t20-/m1/s1. The van der Waals surface area contributed by atoms with Gasteiger partial charge in [0.2, 0.25) is 0 Å². The minimum absolute atomic E-state index is 0.136. The van der Waals surface area contributed by atoms with Gasteiger partial charge >= 0.3 is 0 Å². The predicted molar refractivity (Wildman–Crippen MR) is 102 cm³/mol. The van der Waals surface area contributed by atoms with Crippen molar-refractivity contribution in [1.29, 1.82) is 0 Å². The number of carbonyl (C=O) groups excluding carboxylic acids is 1. The number of benzene rings is 2. The van der Waals surface area contributed by atoms with Gasteiger partial charge in [-0.15, -0.1) is 0 Å². The number of hydrogen-bond acceptors (Lipinski definition) is 4. The summed E-state index contributed by atoms with van der Waals surface area (Å²) in [6.45, 7) is 1.32. The first kappa shape index (κ1) is 18.2. The molecular formula is C21H20FN3O3. The number of aromatic amines is 1. The van der Waals surface area contributed by atoms with Crippen molar-refractivity contribution in [2.24, 2.45) is 0 Å². The Bertz CT molecular complexity index is 954.